The van der Waals surface area contributed by atoms with Crippen molar-refractivity contribution in [3.05, 3.63) is 22.9 Å². The molecule has 0 N–H and O–H groups in total. The fourth-order valence-corrected chi connectivity index (χ4v) is 2.59. The molecule has 0 bridgehead atoms. The van der Waals surface area contributed by atoms with Crippen LogP contribution < -0.4 is 4.90 Å². The number of aromatic nitrogens is 1. The van der Waals surface area contributed by atoms with E-state index in [0.29, 0.717) is 6.04 Å². The lowest BCUT2D eigenvalue weighted by molar-refractivity contribution is 0.668. The second kappa shape index (κ2) is 7.17. The van der Waals surface area contributed by atoms with E-state index in [1.807, 2.05) is 24.2 Å². The molecule has 0 spiro atoms. The zero-order valence-electron chi connectivity index (χ0n) is 10.1. The van der Waals surface area contributed by atoms with Crippen molar-refractivity contribution >= 4 is 33.4 Å². The number of rotatable bonds is 6. The standard InChI is InChI=1S/C12H19BrN2S/c1-4-16-6-5-10(2)15(3)12-7-11(13)8-14-9-12/h7-10H,4-6H2,1-3H3. The molecule has 1 aromatic heterocycles. The molecule has 0 aliphatic carbocycles. The molecule has 4 heteroatoms. The normalized spacial score (nSPS) is 12.5. The van der Waals surface area contributed by atoms with Gasteiger partial charge in [0.05, 0.1) is 11.9 Å². The molecular weight excluding hydrogens is 284 g/mol. The minimum absolute atomic E-state index is 0.551. The van der Waals surface area contributed by atoms with E-state index in [-0.39, 0.29) is 0 Å². The van der Waals surface area contributed by atoms with Gasteiger partial charge in [0, 0.05) is 23.8 Å². The number of pyridine rings is 1. The molecule has 2 nitrogen and oxygen atoms in total. The summed E-state index contributed by atoms with van der Waals surface area (Å²) >= 11 is 5.45. The zero-order chi connectivity index (χ0) is 12.0. The lowest BCUT2D eigenvalue weighted by atomic mass is 10.2. The van der Waals surface area contributed by atoms with Crippen LogP contribution in [0.15, 0.2) is 22.9 Å². The van der Waals surface area contributed by atoms with Gasteiger partial charge in [-0.15, -0.1) is 0 Å². The first kappa shape index (κ1) is 13.8. The number of thioether (sulfide) groups is 1. The van der Waals surface area contributed by atoms with Crippen molar-refractivity contribution in [2.45, 2.75) is 26.3 Å². The third-order valence-electron chi connectivity index (χ3n) is 2.64. The summed E-state index contributed by atoms with van der Waals surface area (Å²) in [6, 6.07) is 2.66. The van der Waals surface area contributed by atoms with Crippen LogP contribution in [-0.2, 0) is 0 Å². The van der Waals surface area contributed by atoms with Crippen molar-refractivity contribution in [3.63, 3.8) is 0 Å². The van der Waals surface area contributed by atoms with Crippen molar-refractivity contribution in [1.82, 2.24) is 4.98 Å². The van der Waals surface area contributed by atoms with E-state index < -0.39 is 0 Å². The van der Waals surface area contributed by atoms with E-state index in [1.54, 1.807) is 0 Å². The molecule has 0 amide bonds. The number of hydrogen-bond donors (Lipinski definition) is 0. The van der Waals surface area contributed by atoms with E-state index in [0.717, 1.165) is 4.47 Å². The van der Waals surface area contributed by atoms with Gasteiger partial charge in [-0.2, -0.15) is 11.8 Å². The Kier molecular flexibility index (Phi) is 6.21. The van der Waals surface area contributed by atoms with Gasteiger partial charge >= 0.3 is 0 Å². The minimum Gasteiger partial charge on any atom is -0.371 e. The summed E-state index contributed by atoms with van der Waals surface area (Å²) in [5, 5.41) is 0. The highest BCUT2D eigenvalue weighted by atomic mass is 79.9. The quantitative estimate of drug-likeness (QED) is 0.743. The Bertz CT molecular complexity index is 320. The Balaban J connectivity index is 2.52. The summed E-state index contributed by atoms with van der Waals surface area (Å²) in [6.07, 6.45) is 4.94. The molecule has 1 heterocycles. The van der Waals surface area contributed by atoms with Crippen molar-refractivity contribution in [1.29, 1.82) is 0 Å². The van der Waals surface area contributed by atoms with Crippen molar-refractivity contribution < 1.29 is 0 Å². The fraction of sp³-hybridized carbons (Fsp3) is 0.583. The van der Waals surface area contributed by atoms with Gasteiger partial charge in [0.1, 0.15) is 0 Å². The first-order chi connectivity index (χ1) is 7.65. The molecule has 0 saturated carbocycles. The lowest BCUT2D eigenvalue weighted by Gasteiger charge is -2.26. The molecule has 0 aliphatic rings. The number of anilines is 1. The lowest BCUT2D eigenvalue weighted by Crippen LogP contribution is -2.29. The Morgan fingerprint density at radius 2 is 2.25 bits per heavy atom. The van der Waals surface area contributed by atoms with Crippen LogP contribution in [0.3, 0.4) is 0 Å². The van der Waals surface area contributed by atoms with Gasteiger partial charge in [-0.3, -0.25) is 4.98 Å². The molecule has 90 valence electrons. The first-order valence-electron chi connectivity index (χ1n) is 5.56. The summed E-state index contributed by atoms with van der Waals surface area (Å²) in [5.41, 5.74) is 1.17. The predicted molar refractivity (Wildman–Crippen MR) is 77.4 cm³/mol. The van der Waals surface area contributed by atoms with Crippen LogP contribution in [0.25, 0.3) is 0 Å². The number of halogens is 1. The van der Waals surface area contributed by atoms with Crippen molar-refractivity contribution in [2.24, 2.45) is 0 Å². The van der Waals surface area contributed by atoms with Crippen LogP contribution in [0.1, 0.15) is 20.3 Å². The zero-order valence-corrected chi connectivity index (χ0v) is 12.5. The molecule has 1 unspecified atom stereocenters. The monoisotopic (exact) mass is 302 g/mol. The molecule has 1 atom stereocenters. The number of hydrogen-bond acceptors (Lipinski definition) is 3. The van der Waals surface area contributed by atoms with E-state index in [2.05, 4.69) is 52.8 Å². The first-order valence-corrected chi connectivity index (χ1v) is 7.51. The van der Waals surface area contributed by atoms with E-state index in [4.69, 9.17) is 0 Å². The average molecular weight is 303 g/mol. The third-order valence-corrected chi connectivity index (χ3v) is 4.01. The maximum absolute atomic E-state index is 4.19. The molecule has 1 aromatic rings. The van der Waals surface area contributed by atoms with Gasteiger partial charge in [0.15, 0.2) is 0 Å². The van der Waals surface area contributed by atoms with E-state index in [9.17, 15) is 0 Å². The Morgan fingerprint density at radius 1 is 1.50 bits per heavy atom. The van der Waals surface area contributed by atoms with Gasteiger partial charge in [-0.05, 0) is 46.8 Å². The Hall–Kier alpha value is -0.220. The smallest absolute Gasteiger partial charge is 0.0563 e. The van der Waals surface area contributed by atoms with E-state index >= 15 is 0 Å². The minimum atomic E-state index is 0.551. The summed E-state index contributed by atoms with van der Waals surface area (Å²) in [6.45, 7) is 4.47. The van der Waals surface area contributed by atoms with Gasteiger partial charge in [-0.25, -0.2) is 0 Å². The highest BCUT2D eigenvalue weighted by Crippen LogP contribution is 2.20. The molecule has 0 saturated heterocycles. The summed E-state index contributed by atoms with van der Waals surface area (Å²) in [7, 11) is 2.13. The molecule has 0 aromatic carbocycles. The van der Waals surface area contributed by atoms with Gasteiger partial charge in [-0.1, -0.05) is 6.92 Å². The van der Waals surface area contributed by atoms with Gasteiger partial charge in [0.25, 0.3) is 0 Å². The molecule has 1 rings (SSSR count). The van der Waals surface area contributed by atoms with Crippen LogP contribution in [-0.4, -0.2) is 29.6 Å². The summed E-state index contributed by atoms with van der Waals surface area (Å²) < 4.78 is 1.03. The number of nitrogens with zero attached hydrogens (tertiary/aromatic N) is 2. The van der Waals surface area contributed by atoms with Crippen LogP contribution in [0.4, 0.5) is 5.69 Å². The maximum Gasteiger partial charge on any atom is 0.0563 e. The van der Waals surface area contributed by atoms with E-state index in [1.165, 1.54) is 23.6 Å². The largest absolute Gasteiger partial charge is 0.371 e. The second-order valence-corrected chi connectivity index (χ2v) is 6.12. The van der Waals surface area contributed by atoms with Crippen molar-refractivity contribution in [2.75, 3.05) is 23.5 Å². The third kappa shape index (κ3) is 4.34. The predicted octanol–water partition coefficient (Wildman–Crippen LogP) is 3.81. The maximum atomic E-state index is 4.19. The SMILES string of the molecule is CCSCCC(C)N(C)c1cncc(Br)c1. The second-order valence-electron chi connectivity index (χ2n) is 3.81. The summed E-state index contributed by atoms with van der Waals surface area (Å²) in [4.78, 5) is 6.48. The van der Waals surface area contributed by atoms with Gasteiger partial charge < -0.3 is 4.90 Å². The molecular formula is C12H19BrN2S. The van der Waals surface area contributed by atoms with Crippen LogP contribution in [0.2, 0.25) is 0 Å². The highest BCUT2D eigenvalue weighted by molar-refractivity contribution is 9.10. The summed E-state index contributed by atoms with van der Waals surface area (Å²) in [5.74, 6) is 2.43. The molecule has 0 fully saturated rings. The highest BCUT2D eigenvalue weighted by Gasteiger charge is 2.10. The van der Waals surface area contributed by atoms with Crippen LogP contribution in [0, 0.1) is 0 Å². The average Bonchev–Trinajstić information content (AvgIpc) is 2.28. The molecule has 16 heavy (non-hydrogen) atoms. The Labute approximate surface area is 111 Å². The topological polar surface area (TPSA) is 16.1 Å². The fourth-order valence-electron chi connectivity index (χ4n) is 1.44. The Morgan fingerprint density at radius 3 is 2.88 bits per heavy atom. The van der Waals surface area contributed by atoms with Crippen LogP contribution in [0.5, 0.6) is 0 Å². The van der Waals surface area contributed by atoms with Gasteiger partial charge in [0.2, 0.25) is 0 Å². The van der Waals surface area contributed by atoms with Crippen LogP contribution >= 0.6 is 27.7 Å². The molecule has 0 radical (unpaired) electrons. The van der Waals surface area contributed by atoms with Crippen molar-refractivity contribution in [3.8, 4) is 0 Å². The molecule has 0 aliphatic heterocycles.